The molecule has 0 spiro atoms. The van der Waals surface area contributed by atoms with Gasteiger partial charge in [-0.15, -0.1) is 11.8 Å². The molecule has 2 atom stereocenters. The Morgan fingerprint density at radius 1 is 1.17 bits per heavy atom. The van der Waals surface area contributed by atoms with Gasteiger partial charge in [0.05, 0.1) is 25.1 Å². The molecule has 2 heterocycles. The van der Waals surface area contributed by atoms with E-state index in [0.717, 1.165) is 32.8 Å². The Labute approximate surface area is 77.0 Å². The van der Waals surface area contributed by atoms with Gasteiger partial charge in [-0.05, 0) is 6.42 Å². The SMILES string of the molecule is NC1CCOCC1SC1COC1. The Morgan fingerprint density at radius 2 is 2.00 bits per heavy atom. The first-order chi connectivity index (χ1) is 5.86. The number of rotatable bonds is 2. The quantitative estimate of drug-likeness (QED) is 0.675. The van der Waals surface area contributed by atoms with Gasteiger partial charge < -0.3 is 15.2 Å². The summed E-state index contributed by atoms with van der Waals surface area (Å²) in [4.78, 5) is 0. The lowest BCUT2D eigenvalue weighted by molar-refractivity contribution is 0.0436. The van der Waals surface area contributed by atoms with Crippen LogP contribution in [-0.2, 0) is 9.47 Å². The van der Waals surface area contributed by atoms with Crippen molar-refractivity contribution in [3.05, 3.63) is 0 Å². The minimum Gasteiger partial charge on any atom is -0.380 e. The summed E-state index contributed by atoms with van der Waals surface area (Å²) < 4.78 is 10.5. The van der Waals surface area contributed by atoms with Crippen LogP contribution in [-0.4, -0.2) is 43.0 Å². The van der Waals surface area contributed by atoms with E-state index >= 15 is 0 Å². The predicted molar refractivity (Wildman–Crippen MR) is 49.4 cm³/mol. The zero-order valence-electron chi connectivity index (χ0n) is 7.07. The maximum Gasteiger partial charge on any atom is 0.0608 e. The lowest BCUT2D eigenvalue weighted by Crippen LogP contribution is -2.44. The van der Waals surface area contributed by atoms with Gasteiger partial charge >= 0.3 is 0 Å². The van der Waals surface area contributed by atoms with E-state index in [1.54, 1.807) is 0 Å². The van der Waals surface area contributed by atoms with Gasteiger partial charge in [0.25, 0.3) is 0 Å². The van der Waals surface area contributed by atoms with Crippen molar-refractivity contribution in [2.45, 2.75) is 23.0 Å². The Hall–Kier alpha value is 0.230. The second-order valence-corrected chi connectivity index (χ2v) is 4.91. The van der Waals surface area contributed by atoms with Crippen molar-refractivity contribution in [3.63, 3.8) is 0 Å². The molecular weight excluding hydrogens is 174 g/mol. The smallest absolute Gasteiger partial charge is 0.0608 e. The van der Waals surface area contributed by atoms with Crippen LogP contribution in [0.2, 0.25) is 0 Å². The molecular formula is C8H15NO2S. The molecule has 0 aromatic carbocycles. The van der Waals surface area contributed by atoms with E-state index in [9.17, 15) is 0 Å². The Kier molecular flexibility index (Phi) is 2.91. The zero-order chi connectivity index (χ0) is 8.39. The van der Waals surface area contributed by atoms with E-state index in [1.165, 1.54) is 0 Å². The van der Waals surface area contributed by atoms with E-state index < -0.39 is 0 Å². The molecule has 0 aromatic rings. The summed E-state index contributed by atoms with van der Waals surface area (Å²) in [6, 6.07) is 0.323. The molecule has 12 heavy (non-hydrogen) atoms. The number of hydrogen-bond acceptors (Lipinski definition) is 4. The average Bonchev–Trinajstić information content (AvgIpc) is 2.00. The molecule has 2 unspecified atom stereocenters. The first kappa shape index (κ1) is 8.81. The molecule has 0 bridgehead atoms. The van der Waals surface area contributed by atoms with Gasteiger partial charge in [0.2, 0.25) is 0 Å². The van der Waals surface area contributed by atoms with Gasteiger partial charge in [-0.25, -0.2) is 0 Å². The van der Waals surface area contributed by atoms with E-state index in [4.69, 9.17) is 15.2 Å². The third-order valence-electron chi connectivity index (χ3n) is 2.33. The van der Waals surface area contributed by atoms with Crippen LogP contribution in [0.15, 0.2) is 0 Å². The molecule has 4 heteroatoms. The molecule has 2 aliphatic heterocycles. The van der Waals surface area contributed by atoms with Crippen molar-refractivity contribution in [1.29, 1.82) is 0 Å². The highest BCUT2D eigenvalue weighted by Crippen LogP contribution is 2.28. The topological polar surface area (TPSA) is 44.5 Å². The van der Waals surface area contributed by atoms with Crippen molar-refractivity contribution >= 4 is 11.8 Å². The van der Waals surface area contributed by atoms with Gasteiger partial charge in [0, 0.05) is 17.9 Å². The van der Waals surface area contributed by atoms with Crippen LogP contribution in [0.4, 0.5) is 0 Å². The van der Waals surface area contributed by atoms with Crippen molar-refractivity contribution in [3.8, 4) is 0 Å². The summed E-state index contributed by atoms with van der Waals surface area (Å²) in [5, 5.41) is 1.16. The number of nitrogens with two attached hydrogens (primary N) is 1. The van der Waals surface area contributed by atoms with Crippen molar-refractivity contribution in [1.82, 2.24) is 0 Å². The average molecular weight is 189 g/mol. The Balaban J connectivity index is 1.76. The fourth-order valence-electron chi connectivity index (χ4n) is 1.41. The molecule has 0 aromatic heterocycles. The van der Waals surface area contributed by atoms with Crippen LogP contribution in [0.5, 0.6) is 0 Å². The fourth-order valence-corrected chi connectivity index (χ4v) is 2.77. The lowest BCUT2D eigenvalue weighted by Gasteiger charge is -2.34. The monoisotopic (exact) mass is 189 g/mol. The highest BCUT2D eigenvalue weighted by molar-refractivity contribution is 8.00. The van der Waals surface area contributed by atoms with Crippen molar-refractivity contribution < 1.29 is 9.47 Å². The molecule has 2 fully saturated rings. The fraction of sp³-hybridized carbons (Fsp3) is 1.00. The number of thioether (sulfide) groups is 1. The van der Waals surface area contributed by atoms with E-state index in [2.05, 4.69) is 0 Å². The summed E-state index contributed by atoms with van der Waals surface area (Å²) in [7, 11) is 0. The highest BCUT2D eigenvalue weighted by Gasteiger charge is 2.29. The summed E-state index contributed by atoms with van der Waals surface area (Å²) >= 11 is 1.94. The third kappa shape index (κ3) is 1.93. The van der Waals surface area contributed by atoms with E-state index in [1.807, 2.05) is 11.8 Å². The molecule has 2 rings (SSSR count). The van der Waals surface area contributed by atoms with E-state index in [0.29, 0.717) is 16.5 Å². The first-order valence-electron chi connectivity index (χ1n) is 4.43. The van der Waals surface area contributed by atoms with Gasteiger partial charge in [0.15, 0.2) is 0 Å². The molecule has 2 aliphatic rings. The van der Waals surface area contributed by atoms with Crippen LogP contribution in [0.25, 0.3) is 0 Å². The largest absolute Gasteiger partial charge is 0.380 e. The summed E-state index contributed by atoms with van der Waals surface area (Å²) in [6.07, 6.45) is 1.01. The van der Waals surface area contributed by atoms with Gasteiger partial charge in [0.1, 0.15) is 0 Å². The van der Waals surface area contributed by atoms with Crippen LogP contribution in [0, 0.1) is 0 Å². The van der Waals surface area contributed by atoms with Crippen molar-refractivity contribution in [2.75, 3.05) is 26.4 Å². The van der Waals surface area contributed by atoms with Crippen molar-refractivity contribution in [2.24, 2.45) is 5.73 Å². The molecule has 0 saturated carbocycles. The van der Waals surface area contributed by atoms with Gasteiger partial charge in [-0.3, -0.25) is 0 Å². The van der Waals surface area contributed by atoms with Crippen LogP contribution in [0.1, 0.15) is 6.42 Å². The van der Waals surface area contributed by atoms with Gasteiger partial charge in [-0.1, -0.05) is 0 Å². The lowest BCUT2D eigenvalue weighted by atomic mass is 10.1. The molecule has 2 saturated heterocycles. The van der Waals surface area contributed by atoms with Crippen LogP contribution >= 0.6 is 11.8 Å². The standard InChI is InChI=1S/C8H15NO2S/c9-7-1-2-10-5-8(7)12-6-3-11-4-6/h6-8H,1-5,9H2. The summed E-state index contributed by atoms with van der Waals surface area (Å²) in [6.45, 7) is 3.45. The molecule has 0 radical (unpaired) electrons. The van der Waals surface area contributed by atoms with Crippen LogP contribution < -0.4 is 5.73 Å². The maximum absolute atomic E-state index is 5.96. The Morgan fingerprint density at radius 3 is 2.58 bits per heavy atom. The predicted octanol–water partition coefficient (Wildman–Crippen LogP) is 0.235. The van der Waals surface area contributed by atoms with E-state index in [-0.39, 0.29) is 0 Å². The molecule has 0 amide bonds. The minimum absolute atomic E-state index is 0.323. The number of ether oxygens (including phenoxy) is 2. The highest BCUT2D eigenvalue weighted by atomic mass is 32.2. The summed E-state index contributed by atoms with van der Waals surface area (Å²) in [5.41, 5.74) is 5.96. The molecule has 3 nitrogen and oxygen atoms in total. The zero-order valence-corrected chi connectivity index (χ0v) is 7.89. The molecule has 0 aliphatic carbocycles. The molecule has 70 valence electrons. The van der Waals surface area contributed by atoms with Crippen LogP contribution in [0.3, 0.4) is 0 Å². The second-order valence-electron chi connectivity index (χ2n) is 3.36. The number of hydrogen-bond donors (Lipinski definition) is 1. The normalized spacial score (nSPS) is 37.8. The minimum atomic E-state index is 0.323. The maximum atomic E-state index is 5.96. The third-order valence-corrected chi connectivity index (χ3v) is 3.82. The first-order valence-corrected chi connectivity index (χ1v) is 5.37. The Bertz CT molecular complexity index is 152. The second kappa shape index (κ2) is 3.96. The molecule has 2 N–H and O–H groups in total. The summed E-state index contributed by atoms with van der Waals surface area (Å²) in [5.74, 6) is 0. The van der Waals surface area contributed by atoms with Gasteiger partial charge in [-0.2, -0.15) is 0 Å².